The maximum atomic E-state index is 5.73. The second-order valence-corrected chi connectivity index (χ2v) is 7.42. The number of nitrogens with zero attached hydrogens (tertiary/aromatic N) is 5. The van der Waals surface area contributed by atoms with E-state index in [9.17, 15) is 0 Å². The SMILES string of the molecule is CCOc1ncccc1-c1cc(NCc2coc(C)n2)c2c(C(C)C)nn(C)c2n1. The molecular formula is C22H26N6O2. The van der Waals surface area contributed by atoms with Gasteiger partial charge in [-0.2, -0.15) is 5.10 Å². The lowest BCUT2D eigenvalue weighted by atomic mass is 10.0. The Bertz CT molecular complexity index is 1180. The molecular weight excluding hydrogens is 380 g/mol. The lowest BCUT2D eigenvalue weighted by Crippen LogP contribution is -2.04. The number of ether oxygens (including phenoxy) is 1. The molecule has 0 saturated heterocycles. The Morgan fingerprint density at radius 3 is 2.80 bits per heavy atom. The van der Waals surface area contributed by atoms with Crippen LogP contribution >= 0.6 is 0 Å². The maximum absolute atomic E-state index is 5.73. The van der Waals surface area contributed by atoms with Gasteiger partial charge < -0.3 is 14.5 Å². The first-order valence-corrected chi connectivity index (χ1v) is 10.1. The predicted molar refractivity (Wildman–Crippen MR) is 116 cm³/mol. The van der Waals surface area contributed by atoms with Gasteiger partial charge in [0.15, 0.2) is 11.5 Å². The third-order valence-electron chi connectivity index (χ3n) is 4.82. The minimum absolute atomic E-state index is 0.258. The van der Waals surface area contributed by atoms with Crippen LogP contribution < -0.4 is 10.1 Å². The molecule has 4 rings (SSSR count). The van der Waals surface area contributed by atoms with Gasteiger partial charge in [-0.1, -0.05) is 13.8 Å². The van der Waals surface area contributed by atoms with E-state index in [-0.39, 0.29) is 5.92 Å². The quantitative estimate of drug-likeness (QED) is 0.484. The number of pyridine rings is 2. The van der Waals surface area contributed by atoms with Crippen molar-refractivity contribution in [1.29, 1.82) is 0 Å². The summed E-state index contributed by atoms with van der Waals surface area (Å²) in [5.74, 6) is 1.47. The van der Waals surface area contributed by atoms with Crippen LogP contribution in [-0.2, 0) is 13.6 Å². The molecule has 0 aliphatic rings. The molecule has 4 aromatic heterocycles. The van der Waals surface area contributed by atoms with Crippen molar-refractivity contribution in [2.24, 2.45) is 7.05 Å². The highest BCUT2D eigenvalue weighted by Gasteiger charge is 2.20. The Morgan fingerprint density at radius 2 is 2.10 bits per heavy atom. The van der Waals surface area contributed by atoms with Crippen LogP contribution in [-0.4, -0.2) is 31.3 Å². The van der Waals surface area contributed by atoms with Crippen LogP contribution in [0.15, 0.2) is 35.1 Å². The zero-order valence-electron chi connectivity index (χ0n) is 17.9. The van der Waals surface area contributed by atoms with E-state index in [1.807, 2.05) is 43.8 Å². The average Bonchev–Trinajstić information content (AvgIpc) is 3.30. The number of anilines is 1. The van der Waals surface area contributed by atoms with Gasteiger partial charge in [0.05, 0.1) is 41.2 Å². The van der Waals surface area contributed by atoms with Crippen LogP contribution in [0.2, 0.25) is 0 Å². The highest BCUT2D eigenvalue weighted by molar-refractivity contribution is 5.94. The summed E-state index contributed by atoms with van der Waals surface area (Å²) in [5.41, 5.74) is 5.21. The van der Waals surface area contributed by atoms with Crippen molar-refractivity contribution >= 4 is 16.7 Å². The molecule has 0 bridgehead atoms. The largest absolute Gasteiger partial charge is 0.477 e. The van der Waals surface area contributed by atoms with E-state index in [0.717, 1.165) is 39.4 Å². The first-order chi connectivity index (χ1) is 14.5. The first kappa shape index (κ1) is 19.9. The van der Waals surface area contributed by atoms with E-state index in [4.69, 9.17) is 19.2 Å². The molecule has 0 fully saturated rings. The monoisotopic (exact) mass is 406 g/mol. The number of hydrogen-bond acceptors (Lipinski definition) is 7. The average molecular weight is 406 g/mol. The van der Waals surface area contributed by atoms with E-state index < -0.39 is 0 Å². The van der Waals surface area contributed by atoms with Crippen LogP contribution in [0, 0.1) is 6.92 Å². The summed E-state index contributed by atoms with van der Waals surface area (Å²) in [5, 5.41) is 9.26. The minimum Gasteiger partial charge on any atom is -0.477 e. The lowest BCUT2D eigenvalue weighted by molar-refractivity contribution is 0.328. The fourth-order valence-electron chi connectivity index (χ4n) is 3.47. The maximum Gasteiger partial charge on any atom is 0.222 e. The van der Waals surface area contributed by atoms with Crippen LogP contribution in [0.3, 0.4) is 0 Å². The number of hydrogen-bond donors (Lipinski definition) is 1. The summed E-state index contributed by atoms with van der Waals surface area (Å²) in [7, 11) is 1.92. The van der Waals surface area contributed by atoms with Crippen molar-refractivity contribution in [2.45, 2.75) is 40.2 Å². The van der Waals surface area contributed by atoms with E-state index in [1.165, 1.54) is 0 Å². The fourth-order valence-corrected chi connectivity index (χ4v) is 3.47. The van der Waals surface area contributed by atoms with Crippen molar-refractivity contribution in [3.8, 4) is 17.1 Å². The van der Waals surface area contributed by atoms with Gasteiger partial charge in [-0.15, -0.1) is 0 Å². The van der Waals surface area contributed by atoms with Gasteiger partial charge in [-0.3, -0.25) is 4.68 Å². The fraction of sp³-hybridized carbons (Fsp3) is 0.364. The summed E-state index contributed by atoms with van der Waals surface area (Å²) < 4.78 is 12.9. The van der Waals surface area contributed by atoms with E-state index in [1.54, 1.807) is 12.5 Å². The Balaban J connectivity index is 1.86. The molecule has 1 N–H and O–H groups in total. The van der Waals surface area contributed by atoms with Crippen molar-refractivity contribution in [3.05, 3.63) is 47.9 Å². The molecule has 8 nitrogen and oxygen atoms in total. The van der Waals surface area contributed by atoms with Crippen LogP contribution in [0.25, 0.3) is 22.3 Å². The van der Waals surface area contributed by atoms with Crippen molar-refractivity contribution in [1.82, 2.24) is 24.7 Å². The highest BCUT2D eigenvalue weighted by atomic mass is 16.5. The summed E-state index contributed by atoms with van der Waals surface area (Å²) in [6, 6.07) is 5.89. The Labute approximate surface area is 175 Å². The third kappa shape index (κ3) is 3.72. The van der Waals surface area contributed by atoms with Crippen molar-refractivity contribution in [3.63, 3.8) is 0 Å². The van der Waals surface area contributed by atoms with Crippen LogP contribution in [0.4, 0.5) is 5.69 Å². The van der Waals surface area contributed by atoms with Crippen molar-refractivity contribution < 1.29 is 9.15 Å². The molecule has 0 spiro atoms. The van der Waals surface area contributed by atoms with Gasteiger partial charge in [0.25, 0.3) is 0 Å². The molecule has 0 amide bonds. The molecule has 0 atom stereocenters. The molecule has 0 unspecified atom stereocenters. The second-order valence-electron chi connectivity index (χ2n) is 7.42. The zero-order chi connectivity index (χ0) is 21.3. The number of fused-ring (bicyclic) bond motifs is 1. The van der Waals surface area contributed by atoms with Crippen molar-refractivity contribution in [2.75, 3.05) is 11.9 Å². The number of oxazole rings is 1. The Morgan fingerprint density at radius 1 is 1.27 bits per heavy atom. The smallest absolute Gasteiger partial charge is 0.222 e. The summed E-state index contributed by atoms with van der Waals surface area (Å²) in [4.78, 5) is 13.7. The molecule has 0 aromatic carbocycles. The molecule has 0 saturated carbocycles. The van der Waals surface area contributed by atoms with Gasteiger partial charge >= 0.3 is 0 Å². The molecule has 8 heteroatoms. The van der Waals surface area contributed by atoms with Gasteiger partial charge in [0, 0.05) is 25.9 Å². The van der Waals surface area contributed by atoms with Crippen LogP contribution in [0.1, 0.15) is 44.0 Å². The summed E-state index contributed by atoms with van der Waals surface area (Å²) in [6.45, 7) is 9.11. The Kier molecular flexibility index (Phi) is 5.39. The predicted octanol–water partition coefficient (Wildman–Crippen LogP) is 4.46. The van der Waals surface area contributed by atoms with Crippen LogP contribution in [0.5, 0.6) is 5.88 Å². The van der Waals surface area contributed by atoms with E-state index >= 15 is 0 Å². The van der Waals surface area contributed by atoms with E-state index in [0.29, 0.717) is 24.9 Å². The topological polar surface area (TPSA) is 90.9 Å². The van der Waals surface area contributed by atoms with Gasteiger partial charge in [-0.05, 0) is 31.0 Å². The molecule has 30 heavy (non-hydrogen) atoms. The van der Waals surface area contributed by atoms with Gasteiger partial charge in [-0.25, -0.2) is 15.0 Å². The zero-order valence-corrected chi connectivity index (χ0v) is 17.9. The number of aryl methyl sites for hydroxylation is 2. The van der Waals surface area contributed by atoms with Gasteiger partial charge in [0.1, 0.15) is 6.26 Å². The molecule has 4 aromatic rings. The third-order valence-corrected chi connectivity index (χ3v) is 4.82. The molecule has 0 aliphatic carbocycles. The lowest BCUT2D eigenvalue weighted by Gasteiger charge is -2.13. The number of aromatic nitrogens is 5. The summed E-state index contributed by atoms with van der Waals surface area (Å²) >= 11 is 0. The van der Waals surface area contributed by atoms with Gasteiger partial charge in [0.2, 0.25) is 5.88 Å². The normalized spacial score (nSPS) is 11.4. The Hall–Kier alpha value is -3.42. The minimum atomic E-state index is 0.258. The molecule has 156 valence electrons. The van der Waals surface area contributed by atoms with E-state index in [2.05, 4.69) is 29.1 Å². The molecule has 4 heterocycles. The number of nitrogens with one attached hydrogen (secondary N) is 1. The first-order valence-electron chi connectivity index (χ1n) is 10.1. The second kappa shape index (κ2) is 8.14. The molecule has 0 radical (unpaired) electrons. The highest BCUT2D eigenvalue weighted by Crippen LogP contribution is 2.35. The molecule has 0 aliphatic heterocycles. The summed E-state index contributed by atoms with van der Waals surface area (Å²) in [6.07, 6.45) is 3.39. The standard InChI is InChI=1S/C22H26N6O2/c1-6-29-22-16(8-7-9-23-22)17-10-18(24-11-15-12-30-14(4)25-15)19-20(13(2)3)27-28(5)21(19)26-17/h7-10,12-13H,6,11H2,1-5H3,(H,24,26). The number of rotatable bonds is 7.